The summed E-state index contributed by atoms with van der Waals surface area (Å²) >= 11 is 0. The van der Waals surface area contributed by atoms with Crippen LogP contribution in [-0.2, 0) is 6.54 Å². The monoisotopic (exact) mass is 286 g/mol. The average molecular weight is 286 g/mol. The lowest BCUT2D eigenvalue weighted by Gasteiger charge is -2.21. The molecule has 3 rings (SSSR count). The minimum atomic E-state index is 0.894. The van der Waals surface area contributed by atoms with Crippen LogP contribution in [0.15, 0.2) is 24.4 Å². The first kappa shape index (κ1) is 14.4. The van der Waals surface area contributed by atoms with Crippen molar-refractivity contribution < 1.29 is 0 Å². The fraction of sp³-hybridized carbons (Fsp3) is 0.588. The van der Waals surface area contributed by atoms with Gasteiger partial charge in [-0.2, -0.15) is 0 Å². The molecule has 0 spiro atoms. The maximum atomic E-state index is 4.91. The Labute approximate surface area is 127 Å². The molecule has 1 aliphatic rings. The number of pyridine rings is 1. The molecule has 0 aliphatic carbocycles. The molecule has 2 aromatic heterocycles. The summed E-state index contributed by atoms with van der Waals surface area (Å²) in [6.07, 6.45) is 8.58. The van der Waals surface area contributed by atoms with Crippen molar-refractivity contribution >= 4 is 11.5 Å². The summed E-state index contributed by atoms with van der Waals surface area (Å²) in [6, 6.07) is 6.26. The number of nitrogens with zero attached hydrogens (tertiary/aromatic N) is 3. The fourth-order valence-electron chi connectivity index (χ4n) is 3.12. The number of imidazole rings is 1. The third-order valence-electron chi connectivity index (χ3n) is 4.23. The van der Waals surface area contributed by atoms with E-state index in [4.69, 9.17) is 4.98 Å². The Hall–Kier alpha value is -1.55. The lowest BCUT2D eigenvalue weighted by Crippen LogP contribution is -2.26. The maximum absolute atomic E-state index is 4.91. The molecular weight excluding hydrogens is 260 g/mol. The Morgan fingerprint density at radius 2 is 1.95 bits per heavy atom. The highest BCUT2D eigenvalue weighted by Crippen LogP contribution is 2.24. The van der Waals surface area contributed by atoms with Gasteiger partial charge in [-0.1, -0.05) is 25.8 Å². The molecule has 4 nitrogen and oxygen atoms in total. The zero-order valence-electron chi connectivity index (χ0n) is 13.0. The molecule has 0 unspecified atom stereocenters. The van der Waals surface area contributed by atoms with Crippen molar-refractivity contribution in [3.63, 3.8) is 0 Å². The van der Waals surface area contributed by atoms with E-state index in [1.165, 1.54) is 37.2 Å². The van der Waals surface area contributed by atoms with Gasteiger partial charge in [-0.3, -0.25) is 0 Å². The zero-order valence-corrected chi connectivity index (χ0v) is 13.0. The number of hydrogen-bond donors (Lipinski definition) is 1. The van der Waals surface area contributed by atoms with Crippen LogP contribution in [0.2, 0.25) is 0 Å². The molecule has 1 fully saturated rings. The molecule has 0 radical (unpaired) electrons. The molecule has 0 saturated carbocycles. The van der Waals surface area contributed by atoms with Gasteiger partial charge in [0.15, 0.2) is 5.82 Å². The van der Waals surface area contributed by atoms with Crippen LogP contribution in [0.3, 0.4) is 0 Å². The zero-order chi connectivity index (χ0) is 14.5. The van der Waals surface area contributed by atoms with Crippen molar-refractivity contribution in [1.29, 1.82) is 0 Å². The first-order valence-electron chi connectivity index (χ1n) is 8.32. The van der Waals surface area contributed by atoms with Crippen molar-refractivity contribution in [2.45, 2.75) is 45.6 Å². The maximum Gasteiger partial charge on any atom is 0.152 e. The third kappa shape index (κ3) is 3.21. The highest BCUT2D eigenvalue weighted by atomic mass is 15.2. The summed E-state index contributed by atoms with van der Waals surface area (Å²) < 4.78 is 2.24. The minimum absolute atomic E-state index is 0.894. The van der Waals surface area contributed by atoms with Crippen molar-refractivity contribution in [3.8, 4) is 0 Å². The van der Waals surface area contributed by atoms with Crippen molar-refractivity contribution in [3.05, 3.63) is 30.1 Å². The van der Waals surface area contributed by atoms with E-state index in [1.54, 1.807) is 0 Å². The Morgan fingerprint density at radius 3 is 2.71 bits per heavy atom. The molecule has 21 heavy (non-hydrogen) atoms. The predicted molar refractivity (Wildman–Crippen MR) is 87.9 cm³/mol. The van der Waals surface area contributed by atoms with E-state index in [-0.39, 0.29) is 0 Å². The van der Waals surface area contributed by atoms with E-state index in [0.717, 1.165) is 38.2 Å². The Morgan fingerprint density at radius 1 is 1.14 bits per heavy atom. The van der Waals surface area contributed by atoms with E-state index in [2.05, 4.69) is 45.9 Å². The SMILES string of the molecule is CCCNCc1c(N2CCCCCC2)nc2ccccn12. The van der Waals surface area contributed by atoms with Crippen LogP contribution >= 0.6 is 0 Å². The van der Waals surface area contributed by atoms with Crippen LogP contribution < -0.4 is 10.2 Å². The van der Waals surface area contributed by atoms with Crippen LogP contribution in [0.5, 0.6) is 0 Å². The molecule has 4 heteroatoms. The molecular formula is C17H26N4. The van der Waals surface area contributed by atoms with Crippen molar-refractivity contribution in [2.24, 2.45) is 0 Å². The van der Waals surface area contributed by atoms with Gasteiger partial charge in [0, 0.05) is 25.8 Å². The van der Waals surface area contributed by atoms with Gasteiger partial charge in [-0.25, -0.2) is 4.98 Å². The van der Waals surface area contributed by atoms with Crippen LogP contribution in [-0.4, -0.2) is 29.0 Å². The van der Waals surface area contributed by atoms with Gasteiger partial charge in [0.1, 0.15) is 5.65 Å². The molecule has 3 heterocycles. The minimum Gasteiger partial charge on any atom is -0.355 e. The summed E-state index contributed by atoms with van der Waals surface area (Å²) in [5.41, 5.74) is 2.37. The van der Waals surface area contributed by atoms with Crippen LogP contribution in [0.4, 0.5) is 5.82 Å². The standard InChI is InChI=1S/C17H26N4/c1-2-10-18-14-15-17(20-11-6-3-4-7-12-20)19-16-9-5-8-13-21(15)16/h5,8-9,13,18H,2-4,6-7,10-12,14H2,1H3. The molecule has 0 bridgehead atoms. The second kappa shape index (κ2) is 6.94. The highest BCUT2D eigenvalue weighted by molar-refractivity contribution is 5.56. The number of fused-ring (bicyclic) bond motifs is 1. The molecule has 2 aromatic rings. The molecule has 0 amide bonds. The summed E-state index contributed by atoms with van der Waals surface area (Å²) in [4.78, 5) is 7.39. The smallest absolute Gasteiger partial charge is 0.152 e. The Kier molecular flexibility index (Phi) is 4.76. The quantitative estimate of drug-likeness (QED) is 0.857. The Balaban J connectivity index is 1.92. The average Bonchev–Trinajstić information content (AvgIpc) is 2.70. The van der Waals surface area contributed by atoms with Gasteiger partial charge < -0.3 is 14.6 Å². The second-order valence-electron chi connectivity index (χ2n) is 5.89. The van der Waals surface area contributed by atoms with Gasteiger partial charge >= 0.3 is 0 Å². The van der Waals surface area contributed by atoms with Gasteiger partial charge in [-0.15, -0.1) is 0 Å². The lowest BCUT2D eigenvalue weighted by molar-refractivity contribution is 0.656. The third-order valence-corrected chi connectivity index (χ3v) is 4.23. The molecule has 0 atom stereocenters. The second-order valence-corrected chi connectivity index (χ2v) is 5.89. The molecule has 114 valence electrons. The van der Waals surface area contributed by atoms with E-state index in [9.17, 15) is 0 Å². The van der Waals surface area contributed by atoms with Crippen LogP contribution in [0, 0.1) is 0 Å². The van der Waals surface area contributed by atoms with E-state index < -0.39 is 0 Å². The van der Waals surface area contributed by atoms with Crippen LogP contribution in [0.25, 0.3) is 5.65 Å². The van der Waals surface area contributed by atoms with E-state index in [0.29, 0.717) is 0 Å². The van der Waals surface area contributed by atoms with Gasteiger partial charge in [0.05, 0.1) is 5.69 Å². The van der Waals surface area contributed by atoms with Gasteiger partial charge in [0.25, 0.3) is 0 Å². The summed E-state index contributed by atoms with van der Waals surface area (Å²) in [5, 5.41) is 3.54. The fourth-order valence-corrected chi connectivity index (χ4v) is 3.12. The van der Waals surface area contributed by atoms with Crippen molar-refractivity contribution in [2.75, 3.05) is 24.5 Å². The highest BCUT2D eigenvalue weighted by Gasteiger charge is 2.18. The first-order chi connectivity index (χ1) is 10.4. The largest absolute Gasteiger partial charge is 0.355 e. The first-order valence-corrected chi connectivity index (χ1v) is 8.32. The number of anilines is 1. The van der Waals surface area contributed by atoms with E-state index in [1.807, 2.05) is 0 Å². The van der Waals surface area contributed by atoms with Gasteiger partial charge in [0.2, 0.25) is 0 Å². The summed E-state index contributed by atoms with van der Waals surface area (Å²) in [5.74, 6) is 1.19. The normalized spacial score (nSPS) is 16.3. The predicted octanol–water partition coefficient (Wildman–Crippen LogP) is 3.21. The number of rotatable bonds is 5. The Bertz CT molecular complexity index is 567. The van der Waals surface area contributed by atoms with E-state index >= 15 is 0 Å². The summed E-state index contributed by atoms with van der Waals surface area (Å²) in [6.45, 7) is 6.44. The van der Waals surface area contributed by atoms with Crippen molar-refractivity contribution in [1.82, 2.24) is 14.7 Å². The molecule has 1 saturated heterocycles. The van der Waals surface area contributed by atoms with Gasteiger partial charge in [-0.05, 0) is 37.9 Å². The molecule has 1 N–H and O–H groups in total. The number of nitrogens with one attached hydrogen (secondary N) is 1. The molecule has 1 aliphatic heterocycles. The van der Waals surface area contributed by atoms with Crippen LogP contribution in [0.1, 0.15) is 44.7 Å². The number of hydrogen-bond acceptors (Lipinski definition) is 3. The lowest BCUT2D eigenvalue weighted by atomic mass is 10.2. The summed E-state index contributed by atoms with van der Waals surface area (Å²) in [7, 11) is 0. The topological polar surface area (TPSA) is 32.6 Å². The number of aromatic nitrogens is 2. The molecule has 0 aromatic carbocycles.